The van der Waals surface area contributed by atoms with Crippen LogP contribution in [0.3, 0.4) is 0 Å². The fraction of sp³-hybridized carbons (Fsp3) is 0.364. The molecule has 0 saturated heterocycles. The van der Waals surface area contributed by atoms with Crippen LogP contribution in [0.15, 0.2) is 24.3 Å². The molecule has 0 aliphatic carbocycles. The number of halogens is 1. The summed E-state index contributed by atoms with van der Waals surface area (Å²) in [4.78, 5) is 10.6. The van der Waals surface area contributed by atoms with Crippen LogP contribution >= 0.6 is 15.9 Å². The van der Waals surface area contributed by atoms with E-state index in [1.54, 1.807) is 12.1 Å². The van der Waals surface area contributed by atoms with Crippen molar-refractivity contribution in [3.8, 4) is 0 Å². The molecule has 0 aliphatic heterocycles. The molecule has 88 valence electrons. The first-order valence-electron chi connectivity index (χ1n) is 4.84. The van der Waals surface area contributed by atoms with Gasteiger partial charge >= 0.3 is 0 Å². The Morgan fingerprint density at radius 3 is 2.31 bits per heavy atom. The second-order valence-electron chi connectivity index (χ2n) is 3.56. The van der Waals surface area contributed by atoms with Gasteiger partial charge in [-0.15, -0.1) is 0 Å². The summed E-state index contributed by atoms with van der Waals surface area (Å²) in [5, 5.41) is 20.0. The van der Waals surface area contributed by atoms with Gasteiger partial charge in [0.2, 0.25) is 5.91 Å². The number of aliphatic hydroxyl groups is 2. The zero-order chi connectivity index (χ0) is 12.1. The smallest absolute Gasteiger partial charge is 0.220 e. The summed E-state index contributed by atoms with van der Waals surface area (Å²) >= 11 is 3.31. The first-order chi connectivity index (χ1) is 7.54. The van der Waals surface area contributed by atoms with Crippen molar-refractivity contribution in [1.29, 1.82) is 0 Å². The number of carbonyl (C=O) groups excluding carboxylic acids is 1. The molecule has 1 aromatic carbocycles. The Labute approximate surface area is 102 Å². The molecule has 0 aliphatic rings. The number of carbonyl (C=O) groups is 1. The normalized spacial score (nSPS) is 14.4. The number of aliphatic hydroxyl groups excluding tert-OH is 2. The van der Waals surface area contributed by atoms with E-state index in [0.29, 0.717) is 5.56 Å². The van der Waals surface area contributed by atoms with Gasteiger partial charge in [-0.2, -0.15) is 0 Å². The lowest BCUT2D eigenvalue weighted by molar-refractivity contribution is -0.121. The number of rotatable bonds is 5. The van der Waals surface area contributed by atoms with E-state index >= 15 is 0 Å². The van der Waals surface area contributed by atoms with Gasteiger partial charge in [0, 0.05) is 5.33 Å². The number of nitrogens with two attached hydrogens (primary N) is 1. The van der Waals surface area contributed by atoms with Crippen LogP contribution in [0.4, 0.5) is 0 Å². The largest absolute Gasteiger partial charge is 0.390 e. The Hall–Kier alpha value is -0.910. The number of hydrogen-bond donors (Lipinski definition) is 3. The van der Waals surface area contributed by atoms with Crippen LogP contribution in [-0.2, 0) is 10.1 Å². The van der Waals surface area contributed by atoms with Gasteiger partial charge in [0.15, 0.2) is 0 Å². The first-order valence-corrected chi connectivity index (χ1v) is 5.96. The summed E-state index contributed by atoms with van der Waals surface area (Å²) < 4.78 is 0. The van der Waals surface area contributed by atoms with Gasteiger partial charge in [-0.3, -0.25) is 4.79 Å². The van der Waals surface area contributed by atoms with Gasteiger partial charge in [-0.25, -0.2) is 0 Å². The minimum atomic E-state index is -1.16. The van der Waals surface area contributed by atoms with E-state index in [2.05, 4.69) is 15.9 Å². The third-order valence-corrected chi connectivity index (χ3v) is 2.90. The minimum Gasteiger partial charge on any atom is -0.390 e. The molecule has 0 radical (unpaired) electrons. The highest BCUT2D eigenvalue weighted by molar-refractivity contribution is 9.08. The fourth-order valence-electron chi connectivity index (χ4n) is 1.34. The molecule has 4 N–H and O–H groups in total. The molecule has 2 unspecified atom stereocenters. The number of hydrogen-bond acceptors (Lipinski definition) is 3. The maximum Gasteiger partial charge on any atom is 0.220 e. The van der Waals surface area contributed by atoms with E-state index in [1.807, 2.05) is 12.1 Å². The predicted molar refractivity (Wildman–Crippen MR) is 63.9 cm³/mol. The van der Waals surface area contributed by atoms with E-state index in [9.17, 15) is 15.0 Å². The molecule has 0 fully saturated rings. The topological polar surface area (TPSA) is 83.6 Å². The van der Waals surface area contributed by atoms with Crippen molar-refractivity contribution in [2.75, 3.05) is 0 Å². The lowest BCUT2D eigenvalue weighted by Crippen LogP contribution is -2.25. The van der Waals surface area contributed by atoms with Crippen molar-refractivity contribution in [3.05, 3.63) is 35.4 Å². The highest BCUT2D eigenvalue weighted by Crippen LogP contribution is 2.19. The quantitative estimate of drug-likeness (QED) is 0.702. The summed E-state index contributed by atoms with van der Waals surface area (Å²) in [5.41, 5.74) is 6.58. The van der Waals surface area contributed by atoms with Crippen molar-refractivity contribution in [1.82, 2.24) is 0 Å². The van der Waals surface area contributed by atoms with E-state index in [1.165, 1.54) is 0 Å². The first kappa shape index (κ1) is 13.2. The van der Waals surface area contributed by atoms with Crippen LogP contribution in [0.5, 0.6) is 0 Å². The Morgan fingerprint density at radius 2 is 1.88 bits per heavy atom. The van der Waals surface area contributed by atoms with E-state index < -0.39 is 18.1 Å². The zero-order valence-corrected chi connectivity index (χ0v) is 10.2. The maximum atomic E-state index is 10.6. The van der Waals surface area contributed by atoms with Crippen LogP contribution in [-0.4, -0.2) is 22.2 Å². The number of primary amides is 1. The lowest BCUT2D eigenvalue weighted by atomic mass is 10.0. The van der Waals surface area contributed by atoms with Crippen LogP contribution in [0.1, 0.15) is 23.7 Å². The number of benzene rings is 1. The third-order valence-electron chi connectivity index (χ3n) is 2.25. The zero-order valence-electron chi connectivity index (χ0n) is 8.64. The molecule has 0 heterocycles. The summed E-state index contributed by atoms with van der Waals surface area (Å²) in [6.45, 7) is 0. The van der Waals surface area contributed by atoms with Gasteiger partial charge in [-0.1, -0.05) is 40.2 Å². The predicted octanol–water partition coefficient (Wildman–Crippen LogP) is 0.851. The van der Waals surface area contributed by atoms with Gasteiger partial charge in [0.05, 0.1) is 12.5 Å². The maximum absolute atomic E-state index is 10.6. The van der Waals surface area contributed by atoms with E-state index in [-0.39, 0.29) is 6.42 Å². The SMILES string of the molecule is NC(=O)CC(O)C(O)c1ccc(CBr)cc1. The molecule has 1 amide bonds. The van der Waals surface area contributed by atoms with Gasteiger partial charge in [0.1, 0.15) is 6.10 Å². The summed E-state index contributed by atoms with van der Waals surface area (Å²) in [6.07, 6.45) is -2.49. The van der Waals surface area contributed by atoms with E-state index in [0.717, 1.165) is 10.9 Å². The Morgan fingerprint density at radius 1 is 1.31 bits per heavy atom. The number of amides is 1. The minimum absolute atomic E-state index is 0.249. The molecule has 0 spiro atoms. The molecule has 1 aromatic rings. The average Bonchev–Trinajstić information content (AvgIpc) is 2.27. The van der Waals surface area contributed by atoms with Crippen molar-refractivity contribution in [3.63, 3.8) is 0 Å². The molecule has 4 nitrogen and oxygen atoms in total. The summed E-state index contributed by atoms with van der Waals surface area (Å²) in [7, 11) is 0. The van der Waals surface area contributed by atoms with Crippen LogP contribution < -0.4 is 5.73 Å². The number of alkyl halides is 1. The third kappa shape index (κ3) is 3.59. The van der Waals surface area contributed by atoms with Crippen LogP contribution in [0.2, 0.25) is 0 Å². The average molecular weight is 288 g/mol. The Balaban J connectivity index is 2.71. The molecule has 0 bridgehead atoms. The van der Waals surface area contributed by atoms with Crippen molar-refractivity contribution < 1.29 is 15.0 Å². The van der Waals surface area contributed by atoms with Gasteiger partial charge in [0.25, 0.3) is 0 Å². The second-order valence-corrected chi connectivity index (χ2v) is 4.12. The van der Waals surface area contributed by atoms with Gasteiger partial charge in [-0.05, 0) is 11.1 Å². The highest BCUT2D eigenvalue weighted by atomic mass is 79.9. The Bertz CT molecular complexity index is 353. The molecule has 16 heavy (non-hydrogen) atoms. The van der Waals surface area contributed by atoms with E-state index in [4.69, 9.17) is 5.73 Å². The fourth-order valence-corrected chi connectivity index (χ4v) is 1.72. The molecule has 1 rings (SSSR count). The molecular formula is C11H14BrNO3. The molecule has 0 aromatic heterocycles. The van der Waals surface area contributed by atoms with Crippen LogP contribution in [0.25, 0.3) is 0 Å². The van der Waals surface area contributed by atoms with Gasteiger partial charge < -0.3 is 15.9 Å². The molecule has 5 heteroatoms. The van der Waals surface area contributed by atoms with Crippen molar-refractivity contribution >= 4 is 21.8 Å². The highest BCUT2D eigenvalue weighted by Gasteiger charge is 2.19. The van der Waals surface area contributed by atoms with Crippen LogP contribution in [0, 0.1) is 0 Å². The molecular weight excluding hydrogens is 274 g/mol. The molecule has 2 atom stereocenters. The lowest BCUT2D eigenvalue weighted by Gasteiger charge is -2.16. The van der Waals surface area contributed by atoms with Crippen molar-refractivity contribution in [2.45, 2.75) is 24.0 Å². The summed E-state index contributed by atoms with van der Waals surface area (Å²) in [5.74, 6) is -0.636. The Kier molecular flexibility index (Phi) is 4.92. The monoisotopic (exact) mass is 287 g/mol. The standard InChI is InChI=1S/C11H14BrNO3/c12-6-7-1-3-8(4-2-7)11(16)9(14)5-10(13)15/h1-4,9,11,14,16H,5-6H2,(H2,13,15). The van der Waals surface area contributed by atoms with Crippen molar-refractivity contribution in [2.24, 2.45) is 5.73 Å². The summed E-state index contributed by atoms with van der Waals surface area (Å²) in [6, 6.07) is 7.10. The molecule has 0 saturated carbocycles. The second kappa shape index (κ2) is 5.98.